The second-order valence-electron chi connectivity index (χ2n) is 3.93. The van der Waals surface area contributed by atoms with Crippen molar-refractivity contribution in [2.24, 2.45) is 0 Å². The lowest BCUT2D eigenvalue weighted by Gasteiger charge is -2.17. The van der Waals surface area contributed by atoms with Gasteiger partial charge in [0.05, 0.1) is 11.4 Å². The average molecular weight is 289 g/mol. The Kier molecular flexibility index (Phi) is 4.84. The molecule has 1 amide bonds. The minimum absolute atomic E-state index is 0.00462. The molecule has 106 valence electrons. The monoisotopic (exact) mass is 289 g/mol. The van der Waals surface area contributed by atoms with Crippen molar-refractivity contribution in [3.8, 4) is 0 Å². The number of amides is 1. The maximum absolute atomic E-state index is 13.2. The summed E-state index contributed by atoms with van der Waals surface area (Å²) < 4.78 is 38.2. The third-order valence-corrected chi connectivity index (χ3v) is 4.12. The Morgan fingerprint density at radius 3 is 2.58 bits per heavy atom. The molecule has 0 radical (unpaired) electrons. The fraction of sp³-hybridized carbons (Fsp3) is 0.364. The molecule has 0 heterocycles. The van der Waals surface area contributed by atoms with Crippen molar-refractivity contribution in [1.29, 1.82) is 0 Å². The molecule has 0 saturated heterocycles. The summed E-state index contributed by atoms with van der Waals surface area (Å²) in [6.45, 7) is 1.78. The molecular weight excluding hydrogens is 273 g/mol. The number of benzene rings is 1. The van der Waals surface area contributed by atoms with Crippen molar-refractivity contribution in [2.75, 3.05) is 25.9 Å². The van der Waals surface area contributed by atoms with Crippen LogP contribution in [0, 0.1) is 5.82 Å². The number of anilines is 1. The summed E-state index contributed by atoms with van der Waals surface area (Å²) in [5.74, 6) is -1.18. The van der Waals surface area contributed by atoms with Crippen LogP contribution in [0.2, 0.25) is 0 Å². The van der Waals surface area contributed by atoms with E-state index in [9.17, 15) is 17.6 Å². The standard InChI is InChI=1S/C11H16FN3O3S/c1-3-14-11(16)7-15(2)19(17,18)10-5-8(12)4-9(13)6-10/h4-6H,3,7,13H2,1-2H3,(H,14,16). The normalized spacial score (nSPS) is 11.6. The highest BCUT2D eigenvalue weighted by Gasteiger charge is 2.23. The number of nitrogens with one attached hydrogen (secondary N) is 1. The van der Waals surface area contributed by atoms with Crippen LogP contribution in [-0.4, -0.2) is 38.8 Å². The van der Waals surface area contributed by atoms with Crippen molar-refractivity contribution < 1.29 is 17.6 Å². The Hall–Kier alpha value is -1.67. The first-order valence-electron chi connectivity index (χ1n) is 5.56. The first kappa shape index (κ1) is 15.4. The number of nitrogens with two attached hydrogens (primary N) is 1. The van der Waals surface area contributed by atoms with E-state index in [4.69, 9.17) is 5.73 Å². The van der Waals surface area contributed by atoms with Crippen LogP contribution >= 0.6 is 0 Å². The molecule has 1 rings (SSSR count). The van der Waals surface area contributed by atoms with E-state index in [1.165, 1.54) is 7.05 Å². The lowest BCUT2D eigenvalue weighted by molar-refractivity contribution is -0.121. The van der Waals surface area contributed by atoms with Gasteiger partial charge in [-0.25, -0.2) is 12.8 Å². The van der Waals surface area contributed by atoms with E-state index >= 15 is 0 Å². The molecule has 19 heavy (non-hydrogen) atoms. The van der Waals surface area contributed by atoms with Crippen molar-refractivity contribution in [3.63, 3.8) is 0 Å². The van der Waals surface area contributed by atoms with E-state index in [1.807, 2.05) is 0 Å². The minimum atomic E-state index is -3.94. The van der Waals surface area contributed by atoms with E-state index < -0.39 is 21.7 Å². The molecule has 1 aromatic carbocycles. The molecule has 0 aliphatic heterocycles. The molecule has 8 heteroatoms. The number of nitrogen functional groups attached to an aromatic ring is 1. The lowest BCUT2D eigenvalue weighted by atomic mass is 10.3. The van der Waals surface area contributed by atoms with Crippen LogP contribution in [0.25, 0.3) is 0 Å². The molecule has 0 atom stereocenters. The smallest absolute Gasteiger partial charge is 0.243 e. The molecule has 0 aromatic heterocycles. The van der Waals surface area contributed by atoms with Gasteiger partial charge in [-0.15, -0.1) is 0 Å². The second-order valence-corrected chi connectivity index (χ2v) is 5.98. The summed E-state index contributed by atoms with van der Waals surface area (Å²) in [7, 11) is -2.70. The number of hydrogen-bond donors (Lipinski definition) is 2. The molecule has 0 bridgehead atoms. The van der Waals surface area contributed by atoms with Gasteiger partial charge >= 0.3 is 0 Å². The molecule has 6 nitrogen and oxygen atoms in total. The first-order chi connectivity index (χ1) is 8.77. The predicted octanol–water partition coefficient (Wildman–Crippen LogP) is 0.165. The zero-order chi connectivity index (χ0) is 14.6. The van der Waals surface area contributed by atoms with Gasteiger partial charge in [0.1, 0.15) is 5.82 Å². The molecule has 1 aromatic rings. The lowest BCUT2D eigenvalue weighted by Crippen LogP contribution is -2.38. The summed E-state index contributed by atoms with van der Waals surface area (Å²) in [4.78, 5) is 11.1. The van der Waals surface area contributed by atoms with E-state index in [0.717, 1.165) is 22.5 Å². The van der Waals surface area contributed by atoms with E-state index in [2.05, 4.69) is 5.32 Å². The van der Waals surface area contributed by atoms with Crippen LogP contribution in [0.3, 0.4) is 0 Å². The zero-order valence-electron chi connectivity index (χ0n) is 10.7. The maximum atomic E-state index is 13.2. The molecule has 0 saturated carbocycles. The summed E-state index contributed by atoms with van der Waals surface area (Å²) in [5.41, 5.74) is 5.41. The zero-order valence-corrected chi connectivity index (χ0v) is 11.5. The number of rotatable bonds is 5. The fourth-order valence-electron chi connectivity index (χ4n) is 1.45. The van der Waals surface area contributed by atoms with Crippen LogP contribution in [0.4, 0.5) is 10.1 Å². The largest absolute Gasteiger partial charge is 0.399 e. The Labute approximate surface area is 111 Å². The van der Waals surface area contributed by atoms with Gasteiger partial charge in [0.15, 0.2) is 0 Å². The van der Waals surface area contributed by atoms with E-state index in [-0.39, 0.29) is 17.1 Å². The van der Waals surface area contributed by atoms with Gasteiger partial charge in [0.25, 0.3) is 0 Å². The van der Waals surface area contributed by atoms with Gasteiger partial charge in [0.2, 0.25) is 15.9 Å². The van der Waals surface area contributed by atoms with Crippen LogP contribution in [0.5, 0.6) is 0 Å². The third kappa shape index (κ3) is 3.90. The van der Waals surface area contributed by atoms with E-state index in [1.54, 1.807) is 6.92 Å². The summed E-state index contributed by atoms with van der Waals surface area (Å²) in [5, 5.41) is 2.48. The van der Waals surface area contributed by atoms with Gasteiger partial charge in [-0.3, -0.25) is 4.79 Å². The molecule has 0 aliphatic carbocycles. The van der Waals surface area contributed by atoms with Crippen LogP contribution in [0.15, 0.2) is 23.1 Å². The topological polar surface area (TPSA) is 92.5 Å². The predicted molar refractivity (Wildman–Crippen MR) is 69.3 cm³/mol. The third-order valence-electron chi connectivity index (χ3n) is 2.34. The Bertz CT molecular complexity index is 554. The SMILES string of the molecule is CCNC(=O)CN(C)S(=O)(=O)c1cc(N)cc(F)c1. The number of nitrogens with zero attached hydrogens (tertiary/aromatic N) is 1. The van der Waals surface area contributed by atoms with Gasteiger partial charge < -0.3 is 11.1 Å². The minimum Gasteiger partial charge on any atom is -0.399 e. The second kappa shape index (κ2) is 5.98. The highest BCUT2D eigenvalue weighted by molar-refractivity contribution is 7.89. The number of hydrogen-bond acceptors (Lipinski definition) is 4. The molecule has 0 spiro atoms. The molecular formula is C11H16FN3O3S. The van der Waals surface area contributed by atoms with Crippen molar-refractivity contribution in [1.82, 2.24) is 9.62 Å². The molecule has 0 aliphatic rings. The van der Waals surface area contributed by atoms with Crippen molar-refractivity contribution >= 4 is 21.6 Å². The molecule has 3 N–H and O–H groups in total. The molecule has 0 unspecified atom stereocenters. The molecule has 0 fully saturated rings. The summed E-state index contributed by atoms with van der Waals surface area (Å²) in [6, 6.07) is 3.02. The summed E-state index contributed by atoms with van der Waals surface area (Å²) >= 11 is 0. The maximum Gasteiger partial charge on any atom is 0.243 e. The highest BCUT2D eigenvalue weighted by Crippen LogP contribution is 2.18. The van der Waals surface area contributed by atoms with Gasteiger partial charge in [-0.1, -0.05) is 0 Å². The van der Waals surface area contributed by atoms with Crippen molar-refractivity contribution in [3.05, 3.63) is 24.0 Å². The van der Waals surface area contributed by atoms with Gasteiger partial charge in [-0.2, -0.15) is 4.31 Å². The Morgan fingerprint density at radius 1 is 1.42 bits per heavy atom. The number of carbonyl (C=O) groups excluding carboxylic acids is 1. The number of sulfonamides is 1. The fourth-order valence-corrected chi connectivity index (χ4v) is 2.65. The van der Waals surface area contributed by atoms with Crippen LogP contribution in [-0.2, 0) is 14.8 Å². The van der Waals surface area contributed by atoms with Gasteiger partial charge in [0, 0.05) is 19.3 Å². The van der Waals surface area contributed by atoms with E-state index in [0.29, 0.717) is 6.54 Å². The quantitative estimate of drug-likeness (QED) is 0.755. The van der Waals surface area contributed by atoms with Crippen LogP contribution in [0.1, 0.15) is 6.92 Å². The van der Waals surface area contributed by atoms with Gasteiger partial charge in [-0.05, 0) is 25.1 Å². The number of carbonyl (C=O) groups is 1. The Morgan fingerprint density at radius 2 is 2.05 bits per heavy atom. The van der Waals surface area contributed by atoms with Crippen LogP contribution < -0.4 is 11.1 Å². The Balaban J connectivity index is 2.99. The number of halogens is 1. The first-order valence-corrected chi connectivity index (χ1v) is 7.00. The highest BCUT2D eigenvalue weighted by atomic mass is 32.2. The summed E-state index contributed by atoms with van der Waals surface area (Å²) in [6.07, 6.45) is 0. The average Bonchev–Trinajstić information content (AvgIpc) is 2.27. The van der Waals surface area contributed by atoms with Crippen molar-refractivity contribution in [2.45, 2.75) is 11.8 Å². The number of likely N-dealkylation sites (N-methyl/N-ethyl adjacent to an activating group) is 2.